The summed E-state index contributed by atoms with van der Waals surface area (Å²) in [6.07, 6.45) is 1.93. The van der Waals surface area contributed by atoms with E-state index in [1.807, 2.05) is 30.5 Å². The molecule has 0 aliphatic heterocycles. The third-order valence-corrected chi connectivity index (χ3v) is 3.50. The molecule has 4 rings (SSSR count). The predicted octanol–water partition coefficient (Wildman–Crippen LogP) is 2.79. The first kappa shape index (κ1) is 10.3. The average molecular weight is 252 g/mol. The van der Waals surface area contributed by atoms with Gasteiger partial charge in [0.25, 0.3) is 0 Å². The van der Waals surface area contributed by atoms with Gasteiger partial charge in [0.1, 0.15) is 5.75 Å². The van der Waals surface area contributed by atoms with Crippen molar-refractivity contribution in [1.29, 1.82) is 0 Å². The van der Waals surface area contributed by atoms with E-state index in [1.165, 1.54) is 0 Å². The topological polar surface area (TPSA) is 79.7 Å². The summed E-state index contributed by atoms with van der Waals surface area (Å²) < 4.78 is 5.29. The van der Waals surface area contributed by atoms with Crippen LogP contribution in [-0.4, -0.2) is 22.3 Å². The Hall–Kier alpha value is -2.69. The smallest absolute Gasteiger partial charge is 0.119 e. The molecule has 0 aliphatic rings. The Balaban J connectivity index is 2.30. The molecule has 0 aliphatic carbocycles. The number of aromatic nitrogens is 3. The van der Waals surface area contributed by atoms with Crippen LogP contribution in [0.2, 0.25) is 0 Å². The molecule has 0 bridgehead atoms. The number of benzene rings is 2. The maximum Gasteiger partial charge on any atom is 0.119 e. The van der Waals surface area contributed by atoms with Crippen molar-refractivity contribution in [2.45, 2.75) is 0 Å². The van der Waals surface area contributed by atoms with E-state index in [4.69, 9.17) is 10.5 Å². The maximum atomic E-state index is 6.09. The third-order valence-electron chi connectivity index (χ3n) is 3.50. The summed E-state index contributed by atoms with van der Waals surface area (Å²) in [6, 6.07) is 7.76. The van der Waals surface area contributed by atoms with Crippen LogP contribution in [0.25, 0.3) is 32.7 Å². The van der Waals surface area contributed by atoms with E-state index in [9.17, 15) is 0 Å². The summed E-state index contributed by atoms with van der Waals surface area (Å²) in [5, 5.41) is 9.27. The number of nitrogens with zero attached hydrogens (tertiary/aromatic N) is 1. The number of ether oxygens (including phenoxy) is 1. The number of hydrogen-bond donors (Lipinski definition) is 3. The number of nitrogens with one attached hydrogen (secondary N) is 2. The van der Waals surface area contributed by atoms with Crippen molar-refractivity contribution in [3.05, 3.63) is 30.5 Å². The predicted molar refractivity (Wildman–Crippen MR) is 76.4 cm³/mol. The Bertz CT molecular complexity index is 919. The lowest BCUT2D eigenvalue weighted by molar-refractivity contribution is 0.415. The third kappa shape index (κ3) is 1.26. The first-order valence-corrected chi connectivity index (χ1v) is 5.99. The second-order valence-corrected chi connectivity index (χ2v) is 4.56. The number of anilines is 1. The van der Waals surface area contributed by atoms with Crippen LogP contribution in [0.4, 0.5) is 5.69 Å². The molecule has 0 fully saturated rings. The van der Waals surface area contributed by atoms with Crippen molar-refractivity contribution in [3.63, 3.8) is 0 Å². The number of H-pyrrole nitrogens is 2. The molecule has 5 heteroatoms. The van der Waals surface area contributed by atoms with E-state index in [0.717, 1.165) is 38.5 Å². The first-order chi connectivity index (χ1) is 9.28. The molecule has 2 aromatic heterocycles. The summed E-state index contributed by atoms with van der Waals surface area (Å²) in [7, 11) is 1.66. The molecule has 4 N–H and O–H groups in total. The standard InChI is InChI=1S/C14H12N4O/c1-19-7-2-3-11-8(4-7)13-9-6-16-18-12(9)5-10(15)14(13)17-11/h2-6,16,18H,15H2,1H3. The quantitative estimate of drug-likeness (QED) is 0.456. The van der Waals surface area contributed by atoms with Crippen LogP contribution in [0.1, 0.15) is 0 Å². The molecule has 4 aromatic rings. The highest BCUT2D eigenvalue weighted by molar-refractivity contribution is 6.22. The van der Waals surface area contributed by atoms with E-state index in [2.05, 4.69) is 15.2 Å². The Morgan fingerprint density at radius 1 is 1.21 bits per heavy atom. The van der Waals surface area contributed by atoms with Gasteiger partial charge in [0.2, 0.25) is 0 Å². The molecule has 0 unspecified atom stereocenters. The number of hydrogen-bond acceptors (Lipinski definition) is 3. The van der Waals surface area contributed by atoms with Gasteiger partial charge in [-0.3, -0.25) is 0 Å². The van der Waals surface area contributed by atoms with Gasteiger partial charge >= 0.3 is 0 Å². The Labute approximate surface area is 108 Å². The highest BCUT2D eigenvalue weighted by atomic mass is 16.5. The summed E-state index contributed by atoms with van der Waals surface area (Å²) in [5.41, 5.74) is 9.50. The zero-order valence-corrected chi connectivity index (χ0v) is 10.3. The fourth-order valence-corrected chi connectivity index (χ4v) is 2.60. The molecule has 19 heavy (non-hydrogen) atoms. The number of aromatic amines is 2. The minimum Gasteiger partial charge on any atom is -0.497 e. The van der Waals surface area contributed by atoms with E-state index < -0.39 is 0 Å². The lowest BCUT2D eigenvalue weighted by Gasteiger charge is -2.00. The minimum atomic E-state index is 0.675. The maximum absolute atomic E-state index is 6.09. The Kier molecular flexibility index (Phi) is 1.84. The van der Waals surface area contributed by atoms with E-state index >= 15 is 0 Å². The number of fused-ring (bicyclic) bond motifs is 5. The van der Waals surface area contributed by atoms with Gasteiger partial charge in [-0.2, -0.15) is 0 Å². The molecule has 0 saturated heterocycles. The summed E-state index contributed by atoms with van der Waals surface area (Å²) >= 11 is 0. The zero-order valence-electron chi connectivity index (χ0n) is 10.3. The average Bonchev–Trinajstić information content (AvgIpc) is 3.01. The molecule has 5 nitrogen and oxygen atoms in total. The van der Waals surface area contributed by atoms with Gasteiger partial charge in [-0.1, -0.05) is 0 Å². The van der Waals surface area contributed by atoms with Crippen molar-refractivity contribution in [2.75, 3.05) is 12.8 Å². The molecule has 0 radical (unpaired) electrons. The van der Waals surface area contributed by atoms with Crippen molar-refractivity contribution in [1.82, 2.24) is 15.2 Å². The Morgan fingerprint density at radius 2 is 2.11 bits per heavy atom. The van der Waals surface area contributed by atoms with Gasteiger partial charge in [0.05, 0.1) is 29.3 Å². The van der Waals surface area contributed by atoms with Crippen LogP contribution in [0.15, 0.2) is 30.5 Å². The monoisotopic (exact) mass is 252 g/mol. The van der Waals surface area contributed by atoms with Gasteiger partial charge in [-0.05, 0) is 24.3 Å². The van der Waals surface area contributed by atoms with Crippen molar-refractivity contribution in [2.24, 2.45) is 0 Å². The molecule has 2 heterocycles. The molecule has 0 saturated carbocycles. The van der Waals surface area contributed by atoms with E-state index in [0.29, 0.717) is 5.69 Å². The summed E-state index contributed by atoms with van der Waals surface area (Å²) in [4.78, 5) is 4.61. The van der Waals surface area contributed by atoms with Crippen LogP contribution in [-0.2, 0) is 0 Å². The number of methoxy groups -OCH3 is 1. The van der Waals surface area contributed by atoms with Crippen molar-refractivity contribution >= 4 is 38.4 Å². The van der Waals surface area contributed by atoms with Gasteiger partial charge in [-0.15, -0.1) is 0 Å². The van der Waals surface area contributed by atoms with E-state index in [1.54, 1.807) is 7.11 Å². The molecular formula is C14H12N4O. The summed E-state index contributed by atoms with van der Waals surface area (Å²) in [6.45, 7) is 0. The molecule has 2 aromatic carbocycles. The molecule has 94 valence electrons. The lowest BCUT2D eigenvalue weighted by Crippen LogP contribution is -1.86. The Morgan fingerprint density at radius 3 is 2.95 bits per heavy atom. The van der Waals surface area contributed by atoms with Gasteiger partial charge < -0.3 is 20.7 Å². The van der Waals surface area contributed by atoms with Crippen LogP contribution in [0, 0.1) is 0 Å². The number of nitrogen functional groups attached to an aromatic ring is 1. The van der Waals surface area contributed by atoms with Crippen molar-refractivity contribution in [3.8, 4) is 5.75 Å². The number of rotatable bonds is 1. The van der Waals surface area contributed by atoms with E-state index in [-0.39, 0.29) is 0 Å². The molecule has 0 spiro atoms. The highest BCUT2D eigenvalue weighted by Crippen LogP contribution is 2.36. The first-order valence-electron chi connectivity index (χ1n) is 5.99. The minimum absolute atomic E-state index is 0.675. The summed E-state index contributed by atoms with van der Waals surface area (Å²) in [5.74, 6) is 0.817. The fourth-order valence-electron chi connectivity index (χ4n) is 2.60. The van der Waals surface area contributed by atoms with Crippen LogP contribution in [0.3, 0.4) is 0 Å². The fraction of sp³-hybridized carbons (Fsp3) is 0.0714. The number of nitrogens with two attached hydrogens (primary N) is 1. The normalized spacial score (nSPS) is 11.6. The second-order valence-electron chi connectivity index (χ2n) is 4.56. The van der Waals surface area contributed by atoms with Crippen LogP contribution < -0.4 is 10.5 Å². The van der Waals surface area contributed by atoms with Crippen LogP contribution >= 0.6 is 0 Å². The van der Waals surface area contributed by atoms with Gasteiger partial charge in [-0.25, -0.2) is 4.98 Å². The molecular weight excluding hydrogens is 240 g/mol. The van der Waals surface area contributed by atoms with Crippen LogP contribution in [0.5, 0.6) is 5.75 Å². The highest BCUT2D eigenvalue weighted by Gasteiger charge is 2.13. The molecule has 0 atom stereocenters. The SMILES string of the molecule is COc1ccc2nc3c(N)cc4[nH][nH]cc4c3c2c1. The zero-order chi connectivity index (χ0) is 13.0. The second kappa shape index (κ2) is 3.41. The van der Waals surface area contributed by atoms with Gasteiger partial charge in [0.15, 0.2) is 0 Å². The van der Waals surface area contributed by atoms with Gasteiger partial charge in [0, 0.05) is 22.4 Å². The lowest BCUT2D eigenvalue weighted by atomic mass is 10.1. The van der Waals surface area contributed by atoms with Crippen molar-refractivity contribution < 1.29 is 4.74 Å². The largest absolute Gasteiger partial charge is 0.497 e. The molecule has 0 amide bonds.